The lowest BCUT2D eigenvalue weighted by molar-refractivity contribution is 0.296. The van der Waals surface area contributed by atoms with Gasteiger partial charge in [-0.15, -0.1) is 11.3 Å². The van der Waals surface area contributed by atoms with Crippen molar-refractivity contribution in [3.8, 4) is 5.75 Å². The maximum atomic E-state index is 6.52. The van der Waals surface area contributed by atoms with Gasteiger partial charge in [-0.05, 0) is 80.1 Å². The summed E-state index contributed by atoms with van der Waals surface area (Å²) in [7, 11) is 0. The normalized spacial score (nSPS) is 13.6. The molecule has 0 amide bonds. The molecule has 0 saturated carbocycles. The minimum atomic E-state index is 0.287. The van der Waals surface area contributed by atoms with Crippen molar-refractivity contribution in [3.63, 3.8) is 0 Å². The molecule has 2 heterocycles. The van der Waals surface area contributed by atoms with Gasteiger partial charge in [-0.1, -0.05) is 29.3 Å². The quantitative estimate of drug-likeness (QED) is 0.248. The molecule has 0 unspecified atom stereocenters. The second-order valence-corrected chi connectivity index (χ2v) is 9.21. The van der Waals surface area contributed by atoms with Gasteiger partial charge in [-0.2, -0.15) is 0 Å². The molecule has 0 radical (unpaired) electrons. The summed E-state index contributed by atoms with van der Waals surface area (Å²) in [5.41, 5.74) is 4.53. The Hall–Kier alpha value is -2.76. The Kier molecular flexibility index (Phi) is 5.70. The number of thiophene rings is 1. The molecule has 0 aliphatic heterocycles. The third-order valence-corrected chi connectivity index (χ3v) is 6.92. The summed E-state index contributed by atoms with van der Waals surface area (Å²) in [5.74, 6) is 1.37. The molecule has 1 aliphatic rings. The summed E-state index contributed by atoms with van der Waals surface area (Å²) in [4.78, 5) is 16.1. The Morgan fingerprint density at radius 2 is 1.81 bits per heavy atom. The number of hydrogen-bond donors (Lipinski definition) is 0. The summed E-state index contributed by atoms with van der Waals surface area (Å²) in [6.45, 7) is 2.35. The molecule has 0 atom stereocenters. The van der Waals surface area contributed by atoms with E-state index in [1.165, 1.54) is 28.8 Å². The van der Waals surface area contributed by atoms with Gasteiger partial charge in [0.05, 0.1) is 11.1 Å². The highest BCUT2D eigenvalue weighted by molar-refractivity contribution is 7.19. The Morgan fingerprint density at radius 1 is 1.03 bits per heavy atom. The van der Waals surface area contributed by atoms with Crippen molar-refractivity contribution >= 4 is 45.1 Å². The zero-order valence-corrected chi connectivity index (χ0v) is 18.8. The molecular formula is C25H22ClN3OS. The number of hydrogen-bond acceptors (Lipinski definition) is 5. The first-order chi connectivity index (χ1) is 15.2. The van der Waals surface area contributed by atoms with E-state index in [1.54, 1.807) is 11.3 Å². The summed E-state index contributed by atoms with van der Waals surface area (Å²) >= 11 is 8.27. The first-order valence-corrected chi connectivity index (χ1v) is 11.7. The van der Waals surface area contributed by atoms with Crippen LogP contribution in [0.5, 0.6) is 5.75 Å². The van der Waals surface area contributed by atoms with Crippen LogP contribution in [0.15, 0.2) is 53.5 Å². The molecule has 31 heavy (non-hydrogen) atoms. The molecule has 0 saturated heterocycles. The largest absolute Gasteiger partial charge is 0.486 e. The van der Waals surface area contributed by atoms with E-state index in [0.717, 1.165) is 40.1 Å². The lowest BCUT2D eigenvalue weighted by Crippen LogP contribution is -2.03. The van der Waals surface area contributed by atoms with Crippen LogP contribution in [0.4, 0.5) is 5.69 Å². The van der Waals surface area contributed by atoms with E-state index in [1.807, 2.05) is 42.6 Å². The van der Waals surface area contributed by atoms with Gasteiger partial charge in [-0.3, -0.25) is 4.99 Å². The van der Waals surface area contributed by atoms with E-state index in [0.29, 0.717) is 11.0 Å². The number of nitrogens with zero attached hydrogens (tertiary/aromatic N) is 3. The first-order valence-electron chi connectivity index (χ1n) is 10.5. The SMILES string of the molecule is Cc1ccc(N=Cc2ccc(OCc3nc(Cl)c4c5c(sc4n3)CCCC5)cc2)cc1. The summed E-state index contributed by atoms with van der Waals surface area (Å²) < 4.78 is 5.91. The van der Waals surface area contributed by atoms with Crippen molar-refractivity contribution in [2.24, 2.45) is 4.99 Å². The Bertz CT molecular complexity index is 1250. The van der Waals surface area contributed by atoms with E-state index in [-0.39, 0.29) is 6.61 Å². The maximum absolute atomic E-state index is 6.52. The van der Waals surface area contributed by atoms with Crippen molar-refractivity contribution in [1.82, 2.24) is 9.97 Å². The van der Waals surface area contributed by atoms with Crippen LogP contribution in [0.1, 0.15) is 40.2 Å². The van der Waals surface area contributed by atoms with Gasteiger partial charge in [0.2, 0.25) is 0 Å². The molecule has 6 heteroatoms. The zero-order chi connectivity index (χ0) is 21.2. The van der Waals surface area contributed by atoms with Crippen molar-refractivity contribution in [3.05, 3.63) is 81.1 Å². The number of aryl methyl sites for hydroxylation is 3. The maximum Gasteiger partial charge on any atom is 0.169 e. The molecule has 1 aliphatic carbocycles. The predicted octanol–water partition coefficient (Wildman–Crippen LogP) is 6.86. The highest BCUT2D eigenvalue weighted by Crippen LogP contribution is 2.38. The third kappa shape index (κ3) is 4.48. The molecule has 0 bridgehead atoms. The van der Waals surface area contributed by atoms with Crippen LogP contribution in [0.3, 0.4) is 0 Å². The molecule has 0 spiro atoms. The highest BCUT2D eigenvalue weighted by Gasteiger charge is 2.20. The molecule has 156 valence electrons. The number of fused-ring (bicyclic) bond motifs is 3. The van der Waals surface area contributed by atoms with Crippen LogP contribution in [-0.2, 0) is 19.4 Å². The number of halogens is 1. The number of aromatic nitrogens is 2. The van der Waals surface area contributed by atoms with Crippen molar-refractivity contribution in [2.45, 2.75) is 39.2 Å². The zero-order valence-electron chi connectivity index (χ0n) is 17.3. The van der Waals surface area contributed by atoms with Crippen LogP contribution >= 0.6 is 22.9 Å². The lowest BCUT2D eigenvalue weighted by atomic mass is 9.97. The topological polar surface area (TPSA) is 47.4 Å². The average molecular weight is 448 g/mol. The van der Waals surface area contributed by atoms with Crippen molar-refractivity contribution < 1.29 is 4.74 Å². The van der Waals surface area contributed by atoms with Crippen LogP contribution in [-0.4, -0.2) is 16.2 Å². The second-order valence-electron chi connectivity index (χ2n) is 7.77. The number of aliphatic imine (C=N–C) groups is 1. The van der Waals surface area contributed by atoms with Gasteiger partial charge < -0.3 is 4.74 Å². The van der Waals surface area contributed by atoms with Gasteiger partial charge in [0, 0.05) is 11.1 Å². The predicted molar refractivity (Wildman–Crippen MR) is 128 cm³/mol. The number of ether oxygens (including phenoxy) is 1. The van der Waals surface area contributed by atoms with Crippen molar-refractivity contribution in [1.29, 1.82) is 0 Å². The number of rotatable bonds is 5. The molecule has 5 rings (SSSR count). The van der Waals surface area contributed by atoms with Gasteiger partial charge in [0.25, 0.3) is 0 Å². The van der Waals surface area contributed by atoms with E-state index >= 15 is 0 Å². The monoisotopic (exact) mass is 447 g/mol. The smallest absolute Gasteiger partial charge is 0.169 e. The fourth-order valence-electron chi connectivity index (χ4n) is 3.80. The van der Waals surface area contributed by atoms with Gasteiger partial charge in [0.15, 0.2) is 5.82 Å². The first kappa shape index (κ1) is 20.2. The summed E-state index contributed by atoms with van der Waals surface area (Å²) in [5, 5.41) is 1.59. The molecule has 4 aromatic rings. The third-order valence-electron chi connectivity index (χ3n) is 5.46. The van der Waals surface area contributed by atoms with Gasteiger partial charge >= 0.3 is 0 Å². The molecule has 2 aromatic carbocycles. The van der Waals surface area contributed by atoms with Gasteiger partial charge in [-0.25, -0.2) is 9.97 Å². The van der Waals surface area contributed by atoms with Crippen LogP contribution < -0.4 is 4.74 Å². The van der Waals surface area contributed by atoms with E-state index in [4.69, 9.17) is 21.3 Å². The Morgan fingerprint density at radius 3 is 2.61 bits per heavy atom. The van der Waals surface area contributed by atoms with Crippen LogP contribution in [0, 0.1) is 6.92 Å². The number of benzene rings is 2. The minimum absolute atomic E-state index is 0.287. The van der Waals surface area contributed by atoms with Crippen LogP contribution in [0.25, 0.3) is 10.2 Å². The fraction of sp³-hybridized carbons (Fsp3) is 0.240. The Labute approximate surface area is 190 Å². The van der Waals surface area contributed by atoms with E-state index in [2.05, 4.69) is 29.0 Å². The lowest BCUT2D eigenvalue weighted by Gasteiger charge is -2.10. The summed E-state index contributed by atoms with van der Waals surface area (Å²) in [6.07, 6.45) is 6.51. The highest BCUT2D eigenvalue weighted by atomic mass is 35.5. The molecule has 2 aromatic heterocycles. The van der Waals surface area contributed by atoms with Gasteiger partial charge in [0.1, 0.15) is 22.3 Å². The molecule has 0 fully saturated rings. The summed E-state index contributed by atoms with van der Waals surface area (Å²) in [6, 6.07) is 16.0. The molecule has 0 N–H and O–H groups in total. The molecule has 4 nitrogen and oxygen atoms in total. The fourth-order valence-corrected chi connectivity index (χ4v) is 5.43. The molecular weight excluding hydrogens is 426 g/mol. The van der Waals surface area contributed by atoms with E-state index in [9.17, 15) is 0 Å². The minimum Gasteiger partial charge on any atom is -0.486 e. The van der Waals surface area contributed by atoms with Crippen molar-refractivity contribution in [2.75, 3.05) is 0 Å². The van der Waals surface area contributed by atoms with Crippen LogP contribution in [0.2, 0.25) is 5.15 Å². The Balaban J connectivity index is 1.26. The average Bonchev–Trinajstić information content (AvgIpc) is 3.17. The standard InChI is InChI=1S/C25H22ClN3OS/c1-16-6-10-18(11-7-16)27-14-17-8-12-19(13-9-17)30-15-22-28-24(26)23-20-4-2-3-5-21(20)31-25(23)29-22/h6-14H,2-5,15H2,1H3. The second kappa shape index (κ2) is 8.77. The van der Waals surface area contributed by atoms with E-state index < -0.39 is 0 Å².